The van der Waals surface area contributed by atoms with Crippen LogP contribution in [0.25, 0.3) is 0 Å². The Hall–Kier alpha value is -1.28. The normalized spacial score (nSPS) is 29.7. The first-order chi connectivity index (χ1) is 21.1. The standard InChI is InChI=1S/C36H61FO6/c1-3-23-42-43-27-12-8-7-10-25-39-32-18-13-29(14-19-32)31-17-22-34(35(37)28-31)30-15-20-33(21-16-30)40-24-9-5-6-11-26-41-36(38)4-2/h3-4,29-35H,1-2,5-28H2. The molecule has 0 aliphatic heterocycles. The van der Waals surface area contributed by atoms with Crippen molar-refractivity contribution in [1.82, 2.24) is 0 Å². The number of alkyl halides is 1. The Balaban J connectivity index is 1.17. The molecule has 0 spiro atoms. The van der Waals surface area contributed by atoms with Crippen LogP contribution in [0, 0.1) is 23.7 Å². The van der Waals surface area contributed by atoms with Crippen molar-refractivity contribution < 1.29 is 33.2 Å². The van der Waals surface area contributed by atoms with Gasteiger partial charge in [-0.15, -0.1) is 6.58 Å². The van der Waals surface area contributed by atoms with Gasteiger partial charge in [-0.25, -0.2) is 19.0 Å². The predicted octanol–water partition coefficient (Wildman–Crippen LogP) is 8.88. The quantitative estimate of drug-likeness (QED) is 0.0305. The zero-order valence-electron chi connectivity index (χ0n) is 26.9. The predicted molar refractivity (Wildman–Crippen MR) is 169 cm³/mol. The van der Waals surface area contributed by atoms with Gasteiger partial charge in [-0.1, -0.05) is 31.9 Å². The molecule has 0 heterocycles. The molecule has 0 radical (unpaired) electrons. The zero-order chi connectivity index (χ0) is 30.5. The Morgan fingerprint density at radius 2 is 1.16 bits per heavy atom. The molecule has 3 aliphatic carbocycles. The van der Waals surface area contributed by atoms with Crippen LogP contribution in [-0.2, 0) is 28.8 Å². The first-order valence-corrected chi connectivity index (χ1v) is 17.6. The molecule has 7 heteroatoms. The van der Waals surface area contributed by atoms with Crippen LogP contribution in [0.2, 0.25) is 0 Å². The Bertz CT molecular complexity index is 746. The highest BCUT2D eigenvalue weighted by atomic mass is 19.1. The van der Waals surface area contributed by atoms with E-state index in [1.54, 1.807) is 6.08 Å². The van der Waals surface area contributed by atoms with Gasteiger partial charge in [-0.3, -0.25) is 0 Å². The number of ether oxygens (including phenoxy) is 3. The second-order valence-electron chi connectivity index (χ2n) is 13.2. The number of carbonyl (C=O) groups is 1. The van der Waals surface area contributed by atoms with Crippen LogP contribution < -0.4 is 0 Å². The summed E-state index contributed by atoms with van der Waals surface area (Å²) in [7, 11) is 0. The average molecular weight is 609 g/mol. The van der Waals surface area contributed by atoms with Crippen LogP contribution in [-0.4, -0.2) is 57.4 Å². The molecule has 3 saturated carbocycles. The van der Waals surface area contributed by atoms with Crippen molar-refractivity contribution >= 4 is 5.97 Å². The van der Waals surface area contributed by atoms with Gasteiger partial charge in [0.05, 0.1) is 25.4 Å². The first kappa shape index (κ1) is 36.2. The highest BCUT2D eigenvalue weighted by Crippen LogP contribution is 2.46. The number of rotatable bonds is 22. The molecule has 0 saturated heterocycles. The van der Waals surface area contributed by atoms with Crippen molar-refractivity contribution in [3.63, 3.8) is 0 Å². The fraction of sp³-hybridized carbons (Fsp3) is 0.861. The molecule has 3 rings (SSSR count). The summed E-state index contributed by atoms with van der Waals surface area (Å²) in [6.45, 7) is 10.2. The van der Waals surface area contributed by atoms with E-state index in [1.807, 2.05) is 0 Å². The fourth-order valence-electron chi connectivity index (χ4n) is 7.60. The molecular weight excluding hydrogens is 547 g/mol. The summed E-state index contributed by atoms with van der Waals surface area (Å²) in [5, 5.41) is 0. The Morgan fingerprint density at radius 1 is 0.628 bits per heavy atom. The smallest absolute Gasteiger partial charge is 0.330 e. The molecule has 3 atom stereocenters. The van der Waals surface area contributed by atoms with Crippen LogP contribution in [0.4, 0.5) is 4.39 Å². The van der Waals surface area contributed by atoms with Crippen LogP contribution >= 0.6 is 0 Å². The maximum Gasteiger partial charge on any atom is 0.330 e. The van der Waals surface area contributed by atoms with E-state index in [0.29, 0.717) is 49.8 Å². The van der Waals surface area contributed by atoms with Crippen molar-refractivity contribution in [2.75, 3.05) is 33.0 Å². The average Bonchev–Trinajstić information content (AvgIpc) is 3.03. The molecule has 248 valence electrons. The third-order valence-electron chi connectivity index (χ3n) is 10.1. The molecule has 0 aromatic heterocycles. The van der Waals surface area contributed by atoms with Gasteiger partial charge in [0, 0.05) is 19.3 Å². The van der Waals surface area contributed by atoms with E-state index in [-0.39, 0.29) is 11.9 Å². The summed E-state index contributed by atoms with van der Waals surface area (Å²) in [5.41, 5.74) is 0. The number of carbonyl (C=O) groups excluding carboxylic acids is 1. The number of halogens is 1. The number of unbranched alkanes of at least 4 members (excludes halogenated alkanes) is 6. The summed E-state index contributed by atoms with van der Waals surface area (Å²) >= 11 is 0. The minimum atomic E-state index is -0.625. The van der Waals surface area contributed by atoms with E-state index in [9.17, 15) is 4.79 Å². The van der Waals surface area contributed by atoms with Gasteiger partial charge in [-0.05, 0) is 126 Å². The second-order valence-corrected chi connectivity index (χ2v) is 13.2. The minimum Gasteiger partial charge on any atom is -0.463 e. The zero-order valence-corrected chi connectivity index (χ0v) is 26.9. The molecule has 43 heavy (non-hydrogen) atoms. The van der Waals surface area contributed by atoms with Crippen molar-refractivity contribution in [2.45, 2.75) is 140 Å². The van der Waals surface area contributed by atoms with E-state index in [1.165, 1.54) is 25.3 Å². The Morgan fingerprint density at radius 3 is 1.72 bits per heavy atom. The fourth-order valence-corrected chi connectivity index (χ4v) is 7.60. The van der Waals surface area contributed by atoms with Crippen molar-refractivity contribution in [3.8, 4) is 0 Å². The molecular formula is C36H61FO6. The van der Waals surface area contributed by atoms with Gasteiger partial charge in [0.1, 0.15) is 12.8 Å². The minimum absolute atomic E-state index is 0.262. The van der Waals surface area contributed by atoms with Gasteiger partial charge in [0.2, 0.25) is 0 Å². The SMILES string of the molecule is C=CCOOCCCCCCOC1CCC(C2CCC(C3CCC(OCCCCCCOC(=O)C=C)CC3)C(F)C2)CC1. The maximum absolute atomic E-state index is 15.5. The lowest BCUT2D eigenvalue weighted by molar-refractivity contribution is -0.286. The molecule has 0 aromatic rings. The summed E-state index contributed by atoms with van der Waals surface area (Å²) in [6, 6.07) is 0. The van der Waals surface area contributed by atoms with Gasteiger partial charge in [-0.2, -0.15) is 0 Å². The first-order valence-electron chi connectivity index (χ1n) is 17.6. The number of hydrogen-bond donors (Lipinski definition) is 0. The van der Waals surface area contributed by atoms with E-state index in [4.69, 9.17) is 24.0 Å². The molecule has 0 aromatic carbocycles. The third kappa shape index (κ3) is 14.6. The van der Waals surface area contributed by atoms with Crippen LogP contribution in [0.1, 0.15) is 122 Å². The van der Waals surface area contributed by atoms with Crippen molar-refractivity contribution in [2.24, 2.45) is 23.7 Å². The molecule has 0 amide bonds. The topological polar surface area (TPSA) is 63.2 Å². The molecule has 3 unspecified atom stereocenters. The summed E-state index contributed by atoms with van der Waals surface area (Å²) in [6.07, 6.45) is 23.7. The van der Waals surface area contributed by atoms with Crippen LogP contribution in [0.5, 0.6) is 0 Å². The third-order valence-corrected chi connectivity index (χ3v) is 10.1. The largest absolute Gasteiger partial charge is 0.463 e. The Labute approximate surface area is 261 Å². The molecule has 0 bridgehead atoms. The lowest BCUT2D eigenvalue weighted by atomic mass is 9.65. The highest BCUT2D eigenvalue weighted by Gasteiger charge is 2.40. The van der Waals surface area contributed by atoms with Crippen LogP contribution in [0.3, 0.4) is 0 Å². The summed E-state index contributed by atoms with van der Waals surface area (Å²) in [4.78, 5) is 21.0. The van der Waals surface area contributed by atoms with Gasteiger partial charge >= 0.3 is 5.97 Å². The van der Waals surface area contributed by atoms with E-state index in [2.05, 4.69) is 13.2 Å². The van der Waals surface area contributed by atoms with E-state index in [0.717, 1.165) is 116 Å². The highest BCUT2D eigenvalue weighted by molar-refractivity contribution is 5.81. The summed E-state index contributed by atoms with van der Waals surface area (Å²) in [5.74, 6) is 1.71. The lowest BCUT2D eigenvalue weighted by Gasteiger charge is -2.43. The van der Waals surface area contributed by atoms with E-state index >= 15 is 4.39 Å². The second kappa shape index (κ2) is 22.3. The van der Waals surface area contributed by atoms with Gasteiger partial charge in [0.15, 0.2) is 0 Å². The summed E-state index contributed by atoms with van der Waals surface area (Å²) < 4.78 is 32.9. The molecule has 3 aliphatic rings. The number of hydrogen-bond acceptors (Lipinski definition) is 6. The van der Waals surface area contributed by atoms with Crippen molar-refractivity contribution in [3.05, 3.63) is 25.3 Å². The molecule has 0 N–H and O–H groups in total. The maximum atomic E-state index is 15.5. The lowest BCUT2D eigenvalue weighted by Crippen LogP contribution is -2.37. The van der Waals surface area contributed by atoms with E-state index < -0.39 is 6.17 Å². The van der Waals surface area contributed by atoms with Crippen molar-refractivity contribution in [1.29, 1.82) is 0 Å². The number of esters is 1. The monoisotopic (exact) mass is 608 g/mol. The molecule has 3 fully saturated rings. The van der Waals surface area contributed by atoms with Crippen LogP contribution in [0.15, 0.2) is 25.3 Å². The molecule has 6 nitrogen and oxygen atoms in total. The van der Waals surface area contributed by atoms with Gasteiger partial charge in [0.25, 0.3) is 0 Å². The Kier molecular flexibility index (Phi) is 18.7. The van der Waals surface area contributed by atoms with Gasteiger partial charge < -0.3 is 14.2 Å².